The highest BCUT2D eigenvalue weighted by Gasteiger charge is 2.03. The summed E-state index contributed by atoms with van der Waals surface area (Å²) in [6.07, 6.45) is 0. The number of rotatable bonds is 0. The van der Waals surface area contributed by atoms with Gasteiger partial charge in [0.1, 0.15) is 0 Å². The molecule has 0 atom stereocenters. The van der Waals surface area contributed by atoms with Crippen molar-refractivity contribution in [1.29, 1.82) is 0 Å². The Labute approximate surface area is 64.5 Å². The largest absolute Gasteiger partial charge is 0.407 e. The topological polar surface area (TPSA) is 68.0 Å². The van der Waals surface area contributed by atoms with E-state index in [1.165, 1.54) is 11.3 Å². The molecule has 0 aliphatic carbocycles. The molecule has 2 heterocycles. The van der Waals surface area contributed by atoms with Crippen LogP contribution in [-0.2, 0) is 0 Å². The highest BCUT2D eigenvalue weighted by atomic mass is 32.1. The molecule has 0 saturated carbocycles. The van der Waals surface area contributed by atoms with Gasteiger partial charge in [-0.25, -0.2) is 0 Å². The average molecular weight is 169 g/mol. The molecule has 0 amide bonds. The Kier molecular flexibility index (Phi) is 1.16. The first-order chi connectivity index (χ1) is 5.29. The molecule has 1 N–H and O–H groups in total. The maximum absolute atomic E-state index is 11.0. The van der Waals surface area contributed by atoms with Crippen LogP contribution in [0.25, 0.3) is 10.2 Å². The van der Waals surface area contributed by atoms with Gasteiger partial charge in [0.15, 0.2) is 4.83 Å². The second kappa shape index (κ2) is 2.03. The van der Waals surface area contributed by atoms with Crippen molar-refractivity contribution < 1.29 is 5.21 Å². The van der Waals surface area contributed by atoms with E-state index in [9.17, 15) is 4.79 Å². The van der Waals surface area contributed by atoms with Crippen LogP contribution < -0.4 is 5.56 Å². The second-order valence-corrected chi connectivity index (χ2v) is 2.82. The van der Waals surface area contributed by atoms with Gasteiger partial charge in [-0.15, -0.1) is 16.4 Å². The minimum Gasteiger partial charge on any atom is -0.407 e. The third kappa shape index (κ3) is 0.795. The lowest BCUT2D eigenvalue weighted by atomic mass is 10.4. The van der Waals surface area contributed by atoms with E-state index in [0.717, 1.165) is 0 Å². The zero-order chi connectivity index (χ0) is 7.84. The molecule has 6 heteroatoms. The van der Waals surface area contributed by atoms with Gasteiger partial charge in [-0.05, 0) is 21.5 Å². The summed E-state index contributed by atoms with van der Waals surface area (Å²) in [7, 11) is 0. The van der Waals surface area contributed by atoms with E-state index in [1.807, 2.05) is 0 Å². The molecule has 5 nitrogen and oxygen atoms in total. The SMILES string of the molecule is O=c1c2ccsc2nnn1O. The lowest BCUT2D eigenvalue weighted by molar-refractivity contribution is 0.127. The Balaban J connectivity index is 3.05. The van der Waals surface area contributed by atoms with Crippen LogP contribution in [0.3, 0.4) is 0 Å². The molecule has 56 valence electrons. The lowest BCUT2D eigenvalue weighted by Gasteiger charge is -1.89. The van der Waals surface area contributed by atoms with Crippen LogP contribution in [0.15, 0.2) is 16.2 Å². The molecule has 0 saturated heterocycles. The van der Waals surface area contributed by atoms with Gasteiger partial charge in [-0.3, -0.25) is 4.79 Å². The summed E-state index contributed by atoms with van der Waals surface area (Å²) in [6.45, 7) is 0. The summed E-state index contributed by atoms with van der Waals surface area (Å²) < 4.78 is 0. The Bertz CT molecular complexity index is 446. The van der Waals surface area contributed by atoms with Gasteiger partial charge in [0.05, 0.1) is 5.39 Å². The number of nitrogens with zero attached hydrogens (tertiary/aromatic N) is 3. The second-order valence-electron chi connectivity index (χ2n) is 1.92. The third-order valence-electron chi connectivity index (χ3n) is 1.28. The maximum atomic E-state index is 11.0. The van der Waals surface area contributed by atoms with Crippen LogP contribution in [0.1, 0.15) is 0 Å². The van der Waals surface area contributed by atoms with Crippen molar-refractivity contribution in [3.05, 3.63) is 21.8 Å². The third-order valence-corrected chi connectivity index (χ3v) is 2.07. The first kappa shape index (κ1) is 6.29. The van der Waals surface area contributed by atoms with Crippen molar-refractivity contribution in [1.82, 2.24) is 15.2 Å². The molecule has 0 aromatic carbocycles. The summed E-state index contributed by atoms with van der Waals surface area (Å²) in [5.74, 6) is 0. The fourth-order valence-corrected chi connectivity index (χ4v) is 1.47. The van der Waals surface area contributed by atoms with E-state index in [1.54, 1.807) is 11.4 Å². The highest BCUT2D eigenvalue weighted by molar-refractivity contribution is 7.16. The molecule has 0 fully saturated rings. The highest BCUT2D eigenvalue weighted by Crippen LogP contribution is 2.11. The van der Waals surface area contributed by atoms with E-state index in [-0.39, 0.29) is 4.85 Å². The normalized spacial score (nSPS) is 10.5. The molecule has 2 aromatic heterocycles. The summed E-state index contributed by atoms with van der Waals surface area (Å²) in [5.41, 5.74) is -0.531. The standard InChI is InChI=1S/C5H3N3O2S/c9-5-3-1-2-11-4(3)6-7-8(5)10/h1-2,10H. The van der Waals surface area contributed by atoms with Crippen molar-refractivity contribution in [3.8, 4) is 0 Å². The molecule has 0 unspecified atom stereocenters. The summed E-state index contributed by atoms with van der Waals surface area (Å²) in [4.78, 5) is 11.8. The van der Waals surface area contributed by atoms with Crippen LogP contribution in [-0.4, -0.2) is 20.4 Å². The minimum absolute atomic E-state index is 0.231. The Morgan fingerprint density at radius 2 is 2.45 bits per heavy atom. The van der Waals surface area contributed by atoms with Gasteiger partial charge < -0.3 is 5.21 Å². The van der Waals surface area contributed by atoms with Gasteiger partial charge in [0.25, 0.3) is 0 Å². The number of hydrogen-bond donors (Lipinski definition) is 1. The van der Waals surface area contributed by atoms with Crippen molar-refractivity contribution in [2.75, 3.05) is 0 Å². The molecule has 0 aliphatic rings. The van der Waals surface area contributed by atoms with Gasteiger partial charge in [-0.2, -0.15) is 0 Å². The lowest BCUT2D eigenvalue weighted by Crippen LogP contribution is -2.20. The number of thiophene rings is 1. The number of aromatic nitrogens is 3. The van der Waals surface area contributed by atoms with Crippen LogP contribution >= 0.6 is 11.3 Å². The van der Waals surface area contributed by atoms with Gasteiger partial charge in [-0.1, -0.05) is 0 Å². The Morgan fingerprint density at radius 3 is 3.27 bits per heavy atom. The van der Waals surface area contributed by atoms with E-state index >= 15 is 0 Å². The molecule has 0 aliphatic heterocycles. The predicted octanol–water partition coefficient (Wildman–Crippen LogP) is 0.0903. The van der Waals surface area contributed by atoms with Gasteiger partial charge in [0.2, 0.25) is 0 Å². The average Bonchev–Trinajstić information content (AvgIpc) is 2.45. The van der Waals surface area contributed by atoms with Crippen molar-refractivity contribution in [3.63, 3.8) is 0 Å². The van der Waals surface area contributed by atoms with Gasteiger partial charge >= 0.3 is 5.56 Å². The molecular weight excluding hydrogens is 166 g/mol. The van der Waals surface area contributed by atoms with E-state index in [0.29, 0.717) is 10.2 Å². The fourth-order valence-electron chi connectivity index (χ4n) is 0.773. The Morgan fingerprint density at radius 1 is 1.64 bits per heavy atom. The quantitative estimate of drug-likeness (QED) is 0.567. The summed E-state index contributed by atoms with van der Waals surface area (Å²) in [5, 5.41) is 17.7. The molecular formula is C5H3N3O2S. The van der Waals surface area contributed by atoms with Crippen LogP contribution in [0.4, 0.5) is 0 Å². The maximum Gasteiger partial charge on any atom is 0.314 e. The first-order valence-corrected chi connectivity index (χ1v) is 3.69. The van der Waals surface area contributed by atoms with E-state index in [4.69, 9.17) is 5.21 Å². The summed E-state index contributed by atoms with van der Waals surface area (Å²) in [6, 6.07) is 1.60. The van der Waals surface area contributed by atoms with Crippen molar-refractivity contribution in [2.45, 2.75) is 0 Å². The number of fused-ring (bicyclic) bond motifs is 1. The Hall–Kier alpha value is -1.43. The predicted molar refractivity (Wildman–Crippen MR) is 38.9 cm³/mol. The van der Waals surface area contributed by atoms with Crippen molar-refractivity contribution in [2.24, 2.45) is 0 Å². The van der Waals surface area contributed by atoms with Crippen molar-refractivity contribution >= 4 is 21.6 Å². The molecule has 2 aromatic rings. The zero-order valence-electron chi connectivity index (χ0n) is 5.26. The number of hydrogen-bond acceptors (Lipinski definition) is 5. The fraction of sp³-hybridized carbons (Fsp3) is 0. The van der Waals surface area contributed by atoms with Gasteiger partial charge in [0, 0.05) is 0 Å². The van der Waals surface area contributed by atoms with Crippen LogP contribution in [0, 0.1) is 0 Å². The molecule has 0 bridgehead atoms. The zero-order valence-corrected chi connectivity index (χ0v) is 6.08. The van der Waals surface area contributed by atoms with Crippen LogP contribution in [0.2, 0.25) is 0 Å². The minimum atomic E-state index is -0.531. The first-order valence-electron chi connectivity index (χ1n) is 2.81. The molecule has 2 rings (SSSR count). The monoisotopic (exact) mass is 169 g/mol. The smallest absolute Gasteiger partial charge is 0.314 e. The molecule has 0 spiro atoms. The molecule has 11 heavy (non-hydrogen) atoms. The summed E-state index contributed by atoms with van der Waals surface area (Å²) >= 11 is 1.31. The van der Waals surface area contributed by atoms with Crippen LogP contribution in [0.5, 0.6) is 0 Å². The van der Waals surface area contributed by atoms with E-state index in [2.05, 4.69) is 10.3 Å². The molecule has 0 radical (unpaired) electrons. The van der Waals surface area contributed by atoms with E-state index < -0.39 is 5.56 Å².